The lowest BCUT2D eigenvalue weighted by molar-refractivity contribution is 0.549. The van der Waals surface area contributed by atoms with Gasteiger partial charge in [0.05, 0.1) is 16.8 Å². The molecule has 3 heteroatoms. The van der Waals surface area contributed by atoms with Crippen LogP contribution in [0.4, 0.5) is 0 Å². The summed E-state index contributed by atoms with van der Waals surface area (Å²) in [6, 6.07) is 74.8. The molecule has 280 valence electrons. The fourth-order valence-electron chi connectivity index (χ4n) is 9.64. The van der Waals surface area contributed by atoms with Crippen LogP contribution in [-0.4, -0.2) is 9.97 Å². The topological polar surface area (TPSA) is 25.8 Å². The number of rotatable bonds is 5. The van der Waals surface area contributed by atoms with Gasteiger partial charge in [-0.15, -0.1) is 0 Å². The summed E-state index contributed by atoms with van der Waals surface area (Å²) in [6.07, 6.45) is 0. The predicted molar refractivity (Wildman–Crippen MR) is 244 cm³/mol. The highest BCUT2D eigenvalue weighted by molar-refractivity contribution is 7.99. The Morgan fingerprint density at radius 2 is 0.831 bits per heavy atom. The van der Waals surface area contributed by atoms with Gasteiger partial charge in [-0.2, -0.15) is 0 Å². The van der Waals surface area contributed by atoms with Crippen LogP contribution < -0.4 is 0 Å². The quantitative estimate of drug-likeness (QED) is 0.174. The van der Waals surface area contributed by atoms with E-state index in [0.29, 0.717) is 5.82 Å². The average molecular weight is 773 g/mol. The minimum atomic E-state index is -0.459. The van der Waals surface area contributed by atoms with Gasteiger partial charge in [-0.05, 0) is 73.8 Å². The lowest BCUT2D eigenvalue weighted by atomic mass is 9.54. The zero-order valence-electron chi connectivity index (χ0n) is 32.9. The van der Waals surface area contributed by atoms with Crippen LogP contribution in [0.15, 0.2) is 216 Å². The summed E-state index contributed by atoms with van der Waals surface area (Å²) in [5.41, 5.74) is 17.2. The molecule has 1 aliphatic carbocycles. The van der Waals surface area contributed by atoms with Crippen molar-refractivity contribution in [2.45, 2.75) is 34.5 Å². The predicted octanol–water partition coefficient (Wildman–Crippen LogP) is 14.3. The molecule has 59 heavy (non-hydrogen) atoms. The van der Waals surface area contributed by atoms with Gasteiger partial charge in [-0.3, -0.25) is 0 Å². The van der Waals surface area contributed by atoms with Crippen LogP contribution in [-0.2, 0) is 10.8 Å². The highest BCUT2D eigenvalue weighted by atomic mass is 32.2. The first-order chi connectivity index (χ1) is 29.0. The van der Waals surface area contributed by atoms with Crippen molar-refractivity contribution in [1.82, 2.24) is 9.97 Å². The van der Waals surface area contributed by atoms with Gasteiger partial charge in [0, 0.05) is 31.9 Å². The Hall–Kier alpha value is -6.81. The van der Waals surface area contributed by atoms with Gasteiger partial charge in [-0.25, -0.2) is 9.97 Å². The largest absolute Gasteiger partial charge is 0.228 e. The van der Waals surface area contributed by atoms with Crippen molar-refractivity contribution in [1.29, 1.82) is 0 Å². The van der Waals surface area contributed by atoms with E-state index >= 15 is 0 Å². The first-order valence-electron chi connectivity index (χ1n) is 20.3. The highest BCUT2D eigenvalue weighted by Gasteiger charge is 2.52. The van der Waals surface area contributed by atoms with Crippen molar-refractivity contribution in [2.75, 3.05) is 0 Å². The van der Waals surface area contributed by atoms with Crippen molar-refractivity contribution in [3.63, 3.8) is 0 Å². The molecule has 0 fully saturated rings. The second-order valence-electron chi connectivity index (χ2n) is 16.1. The summed E-state index contributed by atoms with van der Waals surface area (Å²) in [5.74, 6) is 0.705. The van der Waals surface area contributed by atoms with E-state index in [1.165, 1.54) is 59.9 Å². The Balaban J connectivity index is 1.05. The molecule has 0 saturated heterocycles. The summed E-state index contributed by atoms with van der Waals surface area (Å²) in [7, 11) is 0. The number of hydrogen-bond acceptors (Lipinski definition) is 3. The first-order valence-corrected chi connectivity index (χ1v) is 21.1. The molecule has 0 amide bonds. The zero-order chi connectivity index (χ0) is 39.6. The lowest BCUT2D eigenvalue weighted by Gasteiger charge is -2.50. The number of fused-ring (bicyclic) bond motifs is 8. The number of benzene rings is 8. The molecule has 0 atom stereocenters. The van der Waals surface area contributed by atoms with Crippen LogP contribution in [0, 0.1) is 0 Å². The molecule has 9 aromatic rings. The molecule has 0 bridgehead atoms. The molecule has 0 unspecified atom stereocenters. The first kappa shape index (κ1) is 35.4. The SMILES string of the molecule is CC1(C)c2ccccc2C2(c3ccccc3Sc3c(-c4ccc(-c5cc(-c6ccccc6)nc(-c6cccc(-c7ccccc7)c6)n5)cc4)cccc32)c2ccccc21. The molecular formula is C56H40N2S. The minimum absolute atomic E-state index is 0.141. The van der Waals surface area contributed by atoms with Crippen LogP contribution >= 0.6 is 11.8 Å². The van der Waals surface area contributed by atoms with E-state index in [-0.39, 0.29) is 5.41 Å². The van der Waals surface area contributed by atoms with E-state index in [1.54, 1.807) is 0 Å². The molecule has 8 aromatic carbocycles. The van der Waals surface area contributed by atoms with Gasteiger partial charge in [0.1, 0.15) is 0 Å². The minimum Gasteiger partial charge on any atom is -0.228 e. The van der Waals surface area contributed by atoms with Gasteiger partial charge in [0.2, 0.25) is 0 Å². The van der Waals surface area contributed by atoms with E-state index in [9.17, 15) is 0 Å². The van der Waals surface area contributed by atoms with Crippen molar-refractivity contribution in [3.05, 3.63) is 240 Å². The fraction of sp³-hybridized carbons (Fsp3) is 0.0714. The Morgan fingerprint density at radius 1 is 0.356 bits per heavy atom. The van der Waals surface area contributed by atoms with Crippen LogP contribution in [0.25, 0.3) is 56.2 Å². The molecule has 0 N–H and O–H groups in total. The molecule has 0 saturated carbocycles. The molecule has 2 aliphatic rings. The van der Waals surface area contributed by atoms with Crippen LogP contribution in [0.5, 0.6) is 0 Å². The van der Waals surface area contributed by atoms with E-state index in [2.05, 4.69) is 208 Å². The lowest BCUT2D eigenvalue weighted by Crippen LogP contribution is -2.43. The Kier molecular flexibility index (Phi) is 8.35. The van der Waals surface area contributed by atoms with Gasteiger partial charge in [0.15, 0.2) is 5.82 Å². The molecular weight excluding hydrogens is 733 g/mol. The third kappa shape index (κ3) is 5.64. The second kappa shape index (κ2) is 13.9. The monoisotopic (exact) mass is 772 g/mol. The summed E-state index contributed by atoms with van der Waals surface area (Å²) in [6.45, 7) is 4.76. The second-order valence-corrected chi connectivity index (χ2v) is 17.2. The van der Waals surface area contributed by atoms with Gasteiger partial charge >= 0.3 is 0 Å². The third-order valence-corrected chi connectivity index (χ3v) is 13.7. The summed E-state index contributed by atoms with van der Waals surface area (Å²) in [4.78, 5) is 13.0. The van der Waals surface area contributed by atoms with Crippen molar-refractivity contribution < 1.29 is 0 Å². The van der Waals surface area contributed by atoms with Crippen molar-refractivity contribution in [2.24, 2.45) is 0 Å². The molecule has 11 rings (SSSR count). The smallest absolute Gasteiger partial charge is 0.160 e. The van der Waals surface area contributed by atoms with Crippen LogP contribution in [0.1, 0.15) is 47.2 Å². The molecule has 0 radical (unpaired) electrons. The maximum atomic E-state index is 5.23. The third-order valence-electron chi connectivity index (χ3n) is 12.4. The summed E-state index contributed by atoms with van der Waals surface area (Å²) in [5, 5.41) is 0. The maximum absolute atomic E-state index is 5.23. The van der Waals surface area contributed by atoms with Crippen LogP contribution in [0.3, 0.4) is 0 Å². The van der Waals surface area contributed by atoms with Crippen LogP contribution in [0.2, 0.25) is 0 Å². The zero-order valence-corrected chi connectivity index (χ0v) is 33.7. The van der Waals surface area contributed by atoms with Crippen molar-refractivity contribution >= 4 is 11.8 Å². The molecule has 2 nitrogen and oxygen atoms in total. The Morgan fingerprint density at radius 3 is 1.49 bits per heavy atom. The normalized spacial score (nSPS) is 14.1. The standard InChI is InChI=1S/C56H40N2S/c1-55(2)44-24-9-11-26-46(44)56(47-27-12-10-25-45(47)55)48-28-13-14-30-52(48)59-53-43(23-16-29-49(53)56)38-31-33-40(34-32-38)51-36-50(39-19-7-4-8-20-39)57-54(58-51)42-22-15-21-41(35-42)37-17-5-3-6-18-37/h3-36H,1-2H3. The number of nitrogens with zero attached hydrogens (tertiary/aromatic N) is 2. The molecule has 2 heterocycles. The van der Waals surface area contributed by atoms with E-state index in [0.717, 1.165) is 33.6 Å². The number of hydrogen-bond donors (Lipinski definition) is 0. The molecule has 1 aromatic heterocycles. The van der Waals surface area contributed by atoms with E-state index in [1.807, 2.05) is 23.9 Å². The molecule has 1 aliphatic heterocycles. The Bertz CT molecular complexity index is 2990. The van der Waals surface area contributed by atoms with Gasteiger partial charge in [-0.1, -0.05) is 214 Å². The van der Waals surface area contributed by atoms with E-state index < -0.39 is 5.41 Å². The van der Waals surface area contributed by atoms with Gasteiger partial charge < -0.3 is 0 Å². The average Bonchev–Trinajstić information content (AvgIpc) is 3.31. The van der Waals surface area contributed by atoms with E-state index in [4.69, 9.17) is 9.97 Å². The highest BCUT2D eigenvalue weighted by Crippen LogP contribution is 2.62. The summed E-state index contributed by atoms with van der Waals surface area (Å²) >= 11 is 1.90. The Labute approximate surface area is 350 Å². The fourth-order valence-corrected chi connectivity index (χ4v) is 11.0. The summed E-state index contributed by atoms with van der Waals surface area (Å²) < 4.78 is 0. The maximum Gasteiger partial charge on any atom is 0.160 e. The van der Waals surface area contributed by atoms with Crippen molar-refractivity contribution in [3.8, 4) is 56.2 Å². The molecule has 1 spiro atoms. The number of aromatic nitrogens is 2. The van der Waals surface area contributed by atoms with Gasteiger partial charge in [0.25, 0.3) is 0 Å².